The van der Waals surface area contributed by atoms with Crippen molar-refractivity contribution >= 4 is 0 Å². The van der Waals surface area contributed by atoms with Crippen molar-refractivity contribution in [3.63, 3.8) is 0 Å². The number of rotatable bonds is 9. The van der Waals surface area contributed by atoms with Crippen molar-refractivity contribution in [2.75, 3.05) is 13.2 Å². The molecule has 1 aromatic rings. The van der Waals surface area contributed by atoms with Crippen LogP contribution in [0.15, 0.2) is 30.3 Å². The van der Waals surface area contributed by atoms with Gasteiger partial charge in [0.15, 0.2) is 5.79 Å². The molecule has 3 atom stereocenters. The van der Waals surface area contributed by atoms with Crippen molar-refractivity contribution in [1.29, 1.82) is 0 Å². The monoisotopic (exact) mass is 320 g/mol. The Labute approximate surface area is 139 Å². The fourth-order valence-corrected chi connectivity index (χ4v) is 3.14. The smallest absolute Gasteiger partial charge is 0.163 e. The molecule has 0 aromatic heterocycles. The molecule has 2 saturated heterocycles. The summed E-state index contributed by atoms with van der Waals surface area (Å²) in [4.78, 5) is 0. The van der Waals surface area contributed by atoms with Gasteiger partial charge in [0.2, 0.25) is 0 Å². The molecule has 3 rings (SSSR count). The third kappa shape index (κ3) is 5.28. The Balaban J connectivity index is 1.26. The van der Waals surface area contributed by atoms with E-state index >= 15 is 0 Å². The third-order valence-electron chi connectivity index (χ3n) is 4.34. The zero-order valence-electron chi connectivity index (χ0n) is 14.2. The molecule has 0 amide bonds. The van der Waals surface area contributed by atoms with Crippen molar-refractivity contribution in [2.45, 2.75) is 70.2 Å². The Kier molecular flexibility index (Phi) is 5.70. The van der Waals surface area contributed by atoms with Crippen molar-refractivity contribution < 1.29 is 18.9 Å². The fraction of sp³-hybridized carbons (Fsp3) is 0.684. The molecule has 0 spiro atoms. The highest BCUT2D eigenvalue weighted by Gasteiger charge is 2.49. The van der Waals surface area contributed by atoms with Crippen LogP contribution < -0.4 is 0 Å². The third-order valence-corrected chi connectivity index (χ3v) is 4.34. The molecule has 128 valence electrons. The van der Waals surface area contributed by atoms with E-state index in [9.17, 15) is 0 Å². The summed E-state index contributed by atoms with van der Waals surface area (Å²) in [6, 6.07) is 10.3. The molecular formula is C19H28O4. The fourth-order valence-electron chi connectivity index (χ4n) is 3.14. The van der Waals surface area contributed by atoms with E-state index in [0.29, 0.717) is 6.61 Å². The maximum atomic E-state index is 6.01. The summed E-state index contributed by atoms with van der Waals surface area (Å²) in [5, 5.41) is 0. The molecule has 2 fully saturated rings. The van der Waals surface area contributed by atoms with Gasteiger partial charge < -0.3 is 18.9 Å². The molecule has 2 aliphatic heterocycles. The summed E-state index contributed by atoms with van der Waals surface area (Å²) in [5.74, 6) is -0.472. The topological polar surface area (TPSA) is 40.2 Å². The van der Waals surface area contributed by atoms with Crippen LogP contribution in [0.2, 0.25) is 0 Å². The summed E-state index contributed by atoms with van der Waals surface area (Å²) in [5.41, 5.74) is 1.23. The number of hydrogen-bond acceptors (Lipinski definition) is 4. The van der Waals surface area contributed by atoms with Crippen LogP contribution in [0, 0.1) is 0 Å². The largest absolute Gasteiger partial charge is 0.377 e. The van der Waals surface area contributed by atoms with Crippen LogP contribution in [0.5, 0.6) is 0 Å². The number of epoxide rings is 1. The summed E-state index contributed by atoms with van der Waals surface area (Å²) in [7, 11) is 0. The summed E-state index contributed by atoms with van der Waals surface area (Å²) >= 11 is 0. The minimum atomic E-state index is -0.472. The number of unbranched alkanes of at least 4 members (excludes halogenated alkanes) is 2. The molecule has 0 bridgehead atoms. The predicted molar refractivity (Wildman–Crippen MR) is 88.1 cm³/mol. The Bertz CT molecular complexity index is 470. The lowest BCUT2D eigenvalue weighted by atomic mass is 10.0. The predicted octanol–water partition coefficient (Wildman–Crippen LogP) is 3.68. The zero-order chi connectivity index (χ0) is 16.1. The Morgan fingerprint density at radius 1 is 1.09 bits per heavy atom. The average molecular weight is 320 g/mol. The van der Waals surface area contributed by atoms with Gasteiger partial charge in [0, 0.05) is 6.61 Å². The Hall–Kier alpha value is -0.940. The van der Waals surface area contributed by atoms with E-state index in [0.717, 1.165) is 38.9 Å². The first kappa shape index (κ1) is 16.9. The molecule has 23 heavy (non-hydrogen) atoms. The molecule has 4 nitrogen and oxygen atoms in total. The van der Waals surface area contributed by atoms with Crippen LogP contribution in [0.25, 0.3) is 0 Å². The normalized spacial score (nSPS) is 28.9. The lowest BCUT2D eigenvalue weighted by molar-refractivity contribution is -0.148. The molecule has 0 aliphatic carbocycles. The van der Waals surface area contributed by atoms with Crippen molar-refractivity contribution in [2.24, 2.45) is 0 Å². The van der Waals surface area contributed by atoms with Gasteiger partial charge in [-0.2, -0.15) is 0 Å². The van der Waals surface area contributed by atoms with Gasteiger partial charge in [0.05, 0.1) is 19.3 Å². The van der Waals surface area contributed by atoms with Gasteiger partial charge in [-0.3, -0.25) is 0 Å². The van der Waals surface area contributed by atoms with Gasteiger partial charge in [-0.05, 0) is 32.3 Å². The second kappa shape index (κ2) is 7.75. The second-order valence-electron chi connectivity index (χ2n) is 6.90. The number of benzene rings is 1. The summed E-state index contributed by atoms with van der Waals surface area (Å²) < 4.78 is 23.1. The average Bonchev–Trinajstić information content (AvgIpc) is 3.32. The van der Waals surface area contributed by atoms with Crippen LogP contribution in [0.1, 0.15) is 45.1 Å². The van der Waals surface area contributed by atoms with Gasteiger partial charge in [0.1, 0.15) is 12.2 Å². The first-order valence-corrected chi connectivity index (χ1v) is 8.73. The van der Waals surface area contributed by atoms with Gasteiger partial charge in [-0.1, -0.05) is 43.2 Å². The molecule has 1 aromatic carbocycles. The van der Waals surface area contributed by atoms with Gasteiger partial charge in [0.25, 0.3) is 0 Å². The maximum absolute atomic E-state index is 6.01. The first-order valence-electron chi connectivity index (χ1n) is 8.73. The highest BCUT2D eigenvalue weighted by atomic mass is 16.8. The minimum Gasteiger partial charge on any atom is -0.377 e. The highest BCUT2D eigenvalue weighted by Crippen LogP contribution is 2.36. The quantitative estimate of drug-likeness (QED) is 0.514. The van der Waals surface area contributed by atoms with E-state index in [2.05, 4.69) is 12.1 Å². The van der Waals surface area contributed by atoms with Crippen LogP contribution in [0.3, 0.4) is 0 Å². The van der Waals surface area contributed by atoms with E-state index in [4.69, 9.17) is 18.9 Å². The lowest BCUT2D eigenvalue weighted by Gasteiger charge is -2.16. The van der Waals surface area contributed by atoms with E-state index in [1.807, 2.05) is 32.0 Å². The molecule has 0 saturated carbocycles. The maximum Gasteiger partial charge on any atom is 0.163 e. The Morgan fingerprint density at radius 2 is 1.87 bits per heavy atom. The standard InChI is InChI=1S/C19H28O4/c1-19(2)22-16(18(23-19)17-14-21-17)11-7-4-8-12-20-13-15-9-5-3-6-10-15/h3,5-6,9-10,16-18H,4,7-8,11-14H2,1-2H3/t16-,17-,18+/m1/s1. The van der Waals surface area contributed by atoms with Crippen LogP contribution in [-0.4, -0.2) is 37.3 Å². The van der Waals surface area contributed by atoms with Crippen LogP contribution in [0.4, 0.5) is 0 Å². The van der Waals surface area contributed by atoms with Crippen molar-refractivity contribution in [1.82, 2.24) is 0 Å². The van der Waals surface area contributed by atoms with E-state index in [1.165, 1.54) is 5.56 Å². The van der Waals surface area contributed by atoms with Gasteiger partial charge >= 0.3 is 0 Å². The van der Waals surface area contributed by atoms with E-state index < -0.39 is 5.79 Å². The highest BCUT2D eigenvalue weighted by molar-refractivity contribution is 5.13. The van der Waals surface area contributed by atoms with E-state index in [1.54, 1.807) is 0 Å². The second-order valence-corrected chi connectivity index (χ2v) is 6.90. The SMILES string of the molecule is CC1(C)O[C@H]([C@H]2CO2)[C@@H](CCCCCOCc2ccccc2)O1. The molecule has 0 unspecified atom stereocenters. The minimum absolute atomic E-state index is 0.110. The molecule has 0 radical (unpaired) electrons. The van der Waals surface area contributed by atoms with Crippen LogP contribution >= 0.6 is 0 Å². The molecule has 0 N–H and O–H groups in total. The van der Waals surface area contributed by atoms with Gasteiger partial charge in [-0.25, -0.2) is 0 Å². The first-order chi connectivity index (χ1) is 11.1. The molecule has 2 aliphatic rings. The van der Waals surface area contributed by atoms with Crippen LogP contribution in [-0.2, 0) is 25.6 Å². The van der Waals surface area contributed by atoms with Gasteiger partial charge in [-0.15, -0.1) is 0 Å². The molecular weight excluding hydrogens is 292 g/mol. The molecule has 4 heteroatoms. The van der Waals surface area contributed by atoms with E-state index in [-0.39, 0.29) is 18.3 Å². The zero-order valence-corrected chi connectivity index (χ0v) is 14.2. The lowest BCUT2D eigenvalue weighted by Crippen LogP contribution is -2.28. The van der Waals surface area contributed by atoms with Crippen molar-refractivity contribution in [3.05, 3.63) is 35.9 Å². The Morgan fingerprint density at radius 3 is 2.61 bits per heavy atom. The number of hydrogen-bond donors (Lipinski definition) is 0. The summed E-state index contributed by atoms with van der Waals surface area (Å²) in [6.45, 7) is 6.31. The van der Waals surface area contributed by atoms with Crippen molar-refractivity contribution in [3.8, 4) is 0 Å². The molecule has 2 heterocycles. The number of ether oxygens (including phenoxy) is 4. The summed E-state index contributed by atoms with van der Waals surface area (Å²) in [6.07, 6.45) is 4.95.